The Hall–Kier alpha value is -1.44. The summed E-state index contributed by atoms with van der Waals surface area (Å²) in [5.74, 6) is -0.523. The molecule has 7 heteroatoms. The molecule has 1 saturated heterocycles. The molecular formula is C16H24N2O4S. The highest BCUT2D eigenvalue weighted by molar-refractivity contribution is 7.12. The molecule has 0 radical (unpaired) electrons. The van der Waals surface area contributed by atoms with Crippen molar-refractivity contribution in [3.63, 3.8) is 0 Å². The first-order valence-corrected chi connectivity index (χ1v) is 8.59. The minimum absolute atomic E-state index is 0.0125. The summed E-state index contributed by atoms with van der Waals surface area (Å²) < 4.78 is 5.31. The zero-order valence-corrected chi connectivity index (χ0v) is 14.4. The molecule has 6 nitrogen and oxygen atoms in total. The molecule has 1 aromatic heterocycles. The summed E-state index contributed by atoms with van der Waals surface area (Å²) in [4.78, 5) is 25.1. The Morgan fingerprint density at radius 3 is 2.65 bits per heavy atom. The summed E-state index contributed by atoms with van der Waals surface area (Å²) in [6, 6.07) is 3.51. The average molecular weight is 340 g/mol. The Balaban J connectivity index is 1.91. The van der Waals surface area contributed by atoms with Crippen LogP contribution in [-0.4, -0.2) is 48.8 Å². The smallest absolute Gasteiger partial charge is 0.262 e. The van der Waals surface area contributed by atoms with Crippen molar-refractivity contribution >= 4 is 23.2 Å². The molecule has 1 aromatic rings. The van der Waals surface area contributed by atoms with Gasteiger partial charge in [0.15, 0.2) is 0 Å². The van der Waals surface area contributed by atoms with Crippen LogP contribution in [0.4, 0.5) is 0 Å². The number of carbonyl (C=O) groups excluding carboxylic acids is 2. The van der Waals surface area contributed by atoms with E-state index in [4.69, 9.17) is 4.74 Å². The lowest BCUT2D eigenvalue weighted by molar-refractivity contribution is -0.127. The standard InChI is InChI=1S/C16H24N2O4S/c1-15(2,18-13(20)12-4-3-9-23-12)14(21)17-10-16(11-19)5-7-22-8-6-16/h3-4,9,19H,5-8,10-11H2,1-2H3,(H,17,21)(H,18,20). The summed E-state index contributed by atoms with van der Waals surface area (Å²) >= 11 is 1.33. The Labute approximate surface area is 140 Å². The molecule has 0 unspecified atom stereocenters. The molecule has 3 N–H and O–H groups in total. The van der Waals surface area contributed by atoms with Gasteiger partial charge in [-0.15, -0.1) is 11.3 Å². The van der Waals surface area contributed by atoms with Gasteiger partial charge in [0.25, 0.3) is 5.91 Å². The van der Waals surface area contributed by atoms with E-state index in [2.05, 4.69) is 10.6 Å². The fraction of sp³-hybridized carbons (Fsp3) is 0.625. The van der Waals surface area contributed by atoms with E-state index < -0.39 is 5.54 Å². The Kier molecular flexibility index (Phi) is 5.78. The van der Waals surface area contributed by atoms with Crippen molar-refractivity contribution in [2.24, 2.45) is 5.41 Å². The van der Waals surface area contributed by atoms with Crippen LogP contribution < -0.4 is 10.6 Å². The molecule has 0 spiro atoms. The molecule has 1 aliphatic rings. The summed E-state index contributed by atoms with van der Waals surface area (Å²) in [6.45, 7) is 4.92. The first-order chi connectivity index (χ1) is 10.9. The number of aliphatic hydroxyl groups is 1. The number of rotatable bonds is 6. The van der Waals surface area contributed by atoms with Crippen LogP contribution in [0.1, 0.15) is 36.4 Å². The third kappa shape index (κ3) is 4.53. The molecule has 0 aromatic carbocycles. The number of nitrogens with one attached hydrogen (secondary N) is 2. The van der Waals surface area contributed by atoms with Gasteiger partial charge < -0.3 is 20.5 Å². The van der Waals surface area contributed by atoms with Crippen molar-refractivity contribution in [3.8, 4) is 0 Å². The van der Waals surface area contributed by atoms with Crippen LogP contribution in [0.25, 0.3) is 0 Å². The van der Waals surface area contributed by atoms with E-state index in [0.717, 1.165) is 0 Å². The molecule has 0 atom stereocenters. The highest BCUT2D eigenvalue weighted by Crippen LogP contribution is 2.29. The van der Waals surface area contributed by atoms with Gasteiger partial charge in [-0.2, -0.15) is 0 Å². The maximum Gasteiger partial charge on any atom is 0.262 e. The van der Waals surface area contributed by atoms with Gasteiger partial charge in [0.05, 0.1) is 11.5 Å². The van der Waals surface area contributed by atoms with E-state index in [1.54, 1.807) is 26.0 Å². The van der Waals surface area contributed by atoms with Crippen molar-refractivity contribution in [1.82, 2.24) is 10.6 Å². The van der Waals surface area contributed by atoms with Gasteiger partial charge in [-0.25, -0.2) is 0 Å². The molecule has 128 valence electrons. The molecule has 0 saturated carbocycles. The predicted octanol–water partition coefficient (Wildman–Crippen LogP) is 1.16. The average Bonchev–Trinajstić information content (AvgIpc) is 3.07. The van der Waals surface area contributed by atoms with E-state index in [1.807, 2.05) is 5.38 Å². The highest BCUT2D eigenvalue weighted by Gasteiger charge is 2.35. The first kappa shape index (κ1) is 17.9. The zero-order valence-electron chi connectivity index (χ0n) is 13.6. The summed E-state index contributed by atoms with van der Waals surface area (Å²) in [6.07, 6.45) is 1.43. The van der Waals surface area contributed by atoms with Crippen LogP contribution in [0.5, 0.6) is 0 Å². The molecule has 23 heavy (non-hydrogen) atoms. The maximum absolute atomic E-state index is 12.4. The van der Waals surface area contributed by atoms with Gasteiger partial charge in [0.2, 0.25) is 5.91 Å². The zero-order chi connectivity index (χ0) is 16.9. The molecule has 2 rings (SSSR count). The molecule has 0 bridgehead atoms. The van der Waals surface area contributed by atoms with E-state index >= 15 is 0 Å². The lowest BCUT2D eigenvalue weighted by Gasteiger charge is -2.36. The monoisotopic (exact) mass is 340 g/mol. The van der Waals surface area contributed by atoms with Crippen molar-refractivity contribution < 1.29 is 19.4 Å². The lowest BCUT2D eigenvalue weighted by atomic mass is 9.81. The number of carbonyl (C=O) groups is 2. The van der Waals surface area contributed by atoms with Crippen molar-refractivity contribution in [2.45, 2.75) is 32.2 Å². The third-order valence-electron chi connectivity index (χ3n) is 4.25. The molecule has 1 fully saturated rings. The van der Waals surface area contributed by atoms with Gasteiger partial charge in [-0.1, -0.05) is 6.07 Å². The largest absolute Gasteiger partial charge is 0.396 e. The van der Waals surface area contributed by atoms with Gasteiger partial charge in [-0.05, 0) is 38.1 Å². The molecule has 2 heterocycles. The fourth-order valence-electron chi connectivity index (χ4n) is 2.49. The minimum atomic E-state index is -1.02. The second-order valence-corrected chi connectivity index (χ2v) is 7.46. The van der Waals surface area contributed by atoms with E-state index in [9.17, 15) is 14.7 Å². The summed E-state index contributed by atoms with van der Waals surface area (Å²) in [5.41, 5.74) is -1.36. The third-order valence-corrected chi connectivity index (χ3v) is 5.12. The van der Waals surface area contributed by atoms with Crippen LogP contribution in [-0.2, 0) is 9.53 Å². The van der Waals surface area contributed by atoms with Crippen molar-refractivity contribution in [3.05, 3.63) is 22.4 Å². The summed E-state index contributed by atoms with van der Waals surface area (Å²) in [7, 11) is 0. The number of thiophene rings is 1. The number of aliphatic hydroxyl groups excluding tert-OH is 1. The predicted molar refractivity (Wildman–Crippen MR) is 88.4 cm³/mol. The van der Waals surface area contributed by atoms with Gasteiger partial charge in [0, 0.05) is 25.2 Å². The first-order valence-electron chi connectivity index (χ1n) is 7.71. The number of hydrogen-bond donors (Lipinski definition) is 3. The Bertz CT molecular complexity index is 536. The minimum Gasteiger partial charge on any atom is -0.396 e. The van der Waals surface area contributed by atoms with Gasteiger partial charge >= 0.3 is 0 Å². The fourth-order valence-corrected chi connectivity index (χ4v) is 3.11. The van der Waals surface area contributed by atoms with Gasteiger partial charge in [-0.3, -0.25) is 9.59 Å². The quantitative estimate of drug-likeness (QED) is 0.725. The van der Waals surface area contributed by atoms with E-state index in [1.165, 1.54) is 11.3 Å². The highest BCUT2D eigenvalue weighted by atomic mass is 32.1. The van der Waals surface area contributed by atoms with Crippen molar-refractivity contribution in [2.75, 3.05) is 26.4 Å². The van der Waals surface area contributed by atoms with Crippen LogP contribution in [0, 0.1) is 5.41 Å². The Morgan fingerprint density at radius 1 is 1.39 bits per heavy atom. The molecule has 2 amide bonds. The SMILES string of the molecule is CC(C)(NC(=O)c1cccs1)C(=O)NCC1(CO)CCOCC1. The second kappa shape index (κ2) is 7.42. The molecule has 1 aliphatic heterocycles. The number of amides is 2. The molecular weight excluding hydrogens is 316 g/mol. The van der Waals surface area contributed by atoms with Crippen LogP contribution in [0.15, 0.2) is 17.5 Å². The number of ether oxygens (including phenoxy) is 1. The lowest BCUT2D eigenvalue weighted by Crippen LogP contribution is -2.56. The van der Waals surface area contributed by atoms with Crippen LogP contribution in [0.2, 0.25) is 0 Å². The topological polar surface area (TPSA) is 87.7 Å². The number of hydrogen-bond acceptors (Lipinski definition) is 5. The maximum atomic E-state index is 12.4. The normalized spacial score (nSPS) is 17.5. The van der Waals surface area contributed by atoms with Crippen LogP contribution in [0.3, 0.4) is 0 Å². The van der Waals surface area contributed by atoms with E-state index in [0.29, 0.717) is 37.5 Å². The summed E-state index contributed by atoms with van der Waals surface area (Å²) in [5, 5.41) is 17.1. The van der Waals surface area contributed by atoms with Crippen LogP contribution >= 0.6 is 11.3 Å². The van der Waals surface area contributed by atoms with E-state index in [-0.39, 0.29) is 23.8 Å². The molecule has 0 aliphatic carbocycles. The van der Waals surface area contributed by atoms with Gasteiger partial charge in [0.1, 0.15) is 5.54 Å². The second-order valence-electron chi connectivity index (χ2n) is 6.51. The van der Waals surface area contributed by atoms with Crippen molar-refractivity contribution in [1.29, 1.82) is 0 Å². The Morgan fingerprint density at radius 2 is 2.09 bits per heavy atom.